The van der Waals surface area contributed by atoms with E-state index in [0.717, 1.165) is 0 Å². The van der Waals surface area contributed by atoms with Crippen LogP contribution in [0.25, 0.3) is 0 Å². The highest BCUT2D eigenvalue weighted by molar-refractivity contribution is 5.92. The number of hydrogen-bond donors (Lipinski definition) is 6. The lowest BCUT2D eigenvalue weighted by molar-refractivity contribution is -0.496. The van der Waals surface area contributed by atoms with Gasteiger partial charge in [0.2, 0.25) is 0 Å². The van der Waals surface area contributed by atoms with Crippen LogP contribution in [-0.4, -0.2) is 74.3 Å². The fourth-order valence-corrected chi connectivity index (χ4v) is 3.72. The lowest BCUT2D eigenvalue weighted by Crippen LogP contribution is -2.92. The van der Waals surface area contributed by atoms with Gasteiger partial charge in [-0.1, -0.05) is 0 Å². The second-order valence-corrected chi connectivity index (χ2v) is 5.47. The number of aliphatic imine (C=N–C) groups is 1. The van der Waals surface area contributed by atoms with Crippen molar-refractivity contribution in [2.24, 2.45) is 16.6 Å². The van der Waals surface area contributed by atoms with Crippen molar-refractivity contribution in [3.8, 4) is 0 Å². The highest BCUT2D eigenvalue weighted by Crippen LogP contribution is 2.54. The first-order valence-corrected chi connectivity index (χ1v) is 6.08. The van der Waals surface area contributed by atoms with Crippen LogP contribution < -0.4 is 11.1 Å². The molecule has 0 aromatic carbocycles. The third-order valence-corrected chi connectivity index (χ3v) is 4.54. The van der Waals surface area contributed by atoms with Crippen LogP contribution >= 0.6 is 0 Å². The van der Waals surface area contributed by atoms with Gasteiger partial charge >= 0.3 is 5.97 Å². The standard InChI is InChI=1S/C10H13N3O7/c11-8-12-6(16)1-3-2(14)4-5(15)9(1,13-8)7(17)10(18,19-3)20-4/h1,3-7,15-18H,(H3,11,12,13)/t1?,3?,4?,5-,6?,7+,9-,10?/m1/s1. The van der Waals surface area contributed by atoms with E-state index in [9.17, 15) is 25.2 Å². The van der Waals surface area contributed by atoms with Crippen molar-refractivity contribution in [2.45, 2.75) is 42.2 Å². The molecule has 4 heterocycles. The Morgan fingerprint density at radius 1 is 1.25 bits per heavy atom. The van der Waals surface area contributed by atoms with E-state index in [4.69, 9.17) is 15.2 Å². The smallest absolute Gasteiger partial charge is 0.312 e. The molecule has 110 valence electrons. The molecule has 4 fully saturated rings. The second kappa shape index (κ2) is 3.30. The van der Waals surface area contributed by atoms with Gasteiger partial charge in [-0.15, -0.1) is 0 Å². The zero-order valence-electron chi connectivity index (χ0n) is 10.0. The minimum atomic E-state index is -2.44. The Labute approximate surface area is 111 Å². The fourth-order valence-electron chi connectivity index (χ4n) is 3.72. The van der Waals surface area contributed by atoms with Crippen molar-refractivity contribution in [2.75, 3.05) is 0 Å². The van der Waals surface area contributed by atoms with Crippen molar-refractivity contribution < 1.29 is 34.7 Å². The van der Waals surface area contributed by atoms with Gasteiger partial charge in [0.25, 0.3) is 0 Å². The zero-order chi connectivity index (χ0) is 14.4. The molecule has 0 amide bonds. The highest BCUT2D eigenvalue weighted by atomic mass is 16.9. The molecule has 8 atom stereocenters. The van der Waals surface area contributed by atoms with Gasteiger partial charge in [-0.25, -0.2) is 4.99 Å². The van der Waals surface area contributed by atoms with E-state index in [1.54, 1.807) is 0 Å². The van der Waals surface area contributed by atoms with Gasteiger partial charge in [0.05, 0.1) is 5.92 Å². The molecule has 10 nitrogen and oxygen atoms in total. The maximum atomic E-state index is 12.1. The number of Topliss-reactive ketones (excluding diaryl/α,β-unsaturated/α-hetero) is 1. The Morgan fingerprint density at radius 3 is 2.60 bits per heavy atom. The summed E-state index contributed by atoms with van der Waals surface area (Å²) in [6, 6.07) is 0. The van der Waals surface area contributed by atoms with E-state index in [-0.39, 0.29) is 5.96 Å². The molecule has 3 saturated heterocycles. The Hall–Kier alpha value is -1.30. The number of carbonyl (C=O) groups excluding carboxylic acids is 1. The Bertz CT molecular complexity index is 541. The van der Waals surface area contributed by atoms with E-state index in [0.29, 0.717) is 0 Å². The Balaban J connectivity index is 1.95. The molecule has 5 aliphatic rings. The summed E-state index contributed by atoms with van der Waals surface area (Å²) in [5, 5.41) is 43.4. The largest absolute Gasteiger partial charge is 0.387 e. The normalized spacial score (nSPS) is 60.0. The molecule has 10 heteroatoms. The number of ketones is 1. The number of carbonyl (C=O) groups is 1. The van der Waals surface area contributed by atoms with Crippen molar-refractivity contribution in [3.63, 3.8) is 0 Å². The molecule has 7 N–H and O–H groups in total. The number of ether oxygens (including phenoxy) is 2. The number of guanidine groups is 1. The van der Waals surface area contributed by atoms with Crippen LogP contribution in [0.15, 0.2) is 4.99 Å². The first-order chi connectivity index (χ1) is 9.31. The molecular weight excluding hydrogens is 274 g/mol. The Kier molecular flexibility index (Phi) is 2.05. The lowest BCUT2D eigenvalue weighted by Gasteiger charge is -2.66. The van der Waals surface area contributed by atoms with E-state index in [1.165, 1.54) is 0 Å². The summed E-state index contributed by atoms with van der Waals surface area (Å²) in [6.07, 6.45) is -7.37. The third kappa shape index (κ3) is 1.08. The maximum absolute atomic E-state index is 12.1. The van der Waals surface area contributed by atoms with Gasteiger partial charge in [-0.05, 0) is 0 Å². The highest BCUT2D eigenvalue weighted by Gasteiger charge is 2.79. The lowest BCUT2D eigenvalue weighted by atomic mass is 9.59. The molecule has 1 spiro atoms. The van der Waals surface area contributed by atoms with Crippen LogP contribution in [0, 0.1) is 5.92 Å². The van der Waals surface area contributed by atoms with Crippen LogP contribution in [0.4, 0.5) is 0 Å². The van der Waals surface area contributed by atoms with E-state index in [1.807, 2.05) is 0 Å². The molecule has 4 aliphatic heterocycles. The SMILES string of the molecule is NC1=NC(O)C2C3OC4(O)OC(C3=O)[C@@H](O)[C@@]2(N1)[C@@H]4O. The van der Waals surface area contributed by atoms with Crippen LogP contribution in [-0.2, 0) is 14.3 Å². The minimum Gasteiger partial charge on any atom is -0.387 e. The van der Waals surface area contributed by atoms with Gasteiger partial charge in [0.1, 0.15) is 17.7 Å². The number of rotatable bonds is 0. The summed E-state index contributed by atoms with van der Waals surface area (Å²) in [7, 11) is 0. The van der Waals surface area contributed by atoms with Crippen LogP contribution in [0.3, 0.4) is 0 Å². The van der Waals surface area contributed by atoms with Crippen molar-refractivity contribution >= 4 is 11.7 Å². The van der Waals surface area contributed by atoms with Crippen molar-refractivity contribution in [3.05, 3.63) is 0 Å². The number of hydrogen-bond acceptors (Lipinski definition) is 10. The van der Waals surface area contributed by atoms with Crippen LogP contribution in [0.2, 0.25) is 0 Å². The van der Waals surface area contributed by atoms with Gasteiger partial charge in [-0.2, -0.15) is 0 Å². The predicted octanol–water partition coefficient (Wildman–Crippen LogP) is -4.67. The van der Waals surface area contributed by atoms with Crippen molar-refractivity contribution in [1.82, 2.24) is 5.32 Å². The quantitative estimate of drug-likeness (QED) is 0.256. The van der Waals surface area contributed by atoms with Crippen LogP contribution in [0.1, 0.15) is 0 Å². The van der Waals surface area contributed by atoms with Gasteiger partial charge < -0.3 is 41.0 Å². The van der Waals surface area contributed by atoms with Crippen LogP contribution in [0.5, 0.6) is 0 Å². The summed E-state index contributed by atoms with van der Waals surface area (Å²) in [4.78, 5) is 15.8. The first-order valence-electron chi connectivity index (χ1n) is 6.08. The zero-order valence-corrected chi connectivity index (χ0v) is 10.0. The summed E-state index contributed by atoms with van der Waals surface area (Å²) in [6.45, 7) is 0. The molecule has 20 heavy (non-hydrogen) atoms. The maximum Gasteiger partial charge on any atom is 0.312 e. The molecule has 1 saturated carbocycles. The Morgan fingerprint density at radius 2 is 1.90 bits per heavy atom. The predicted molar refractivity (Wildman–Crippen MR) is 58.7 cm³/mol. The molecule has 0 aromatic rings. The van der Waals surface area contributed by atoms with Gasteiger partial charge in [-0.3, -0.25) is 4.79 Å². The summed E-state index contributed by atoms with van der Waals surface area (Å²) in [5.74, 6) is -4.37. The van der Waals surface area contributed by atoms with Crippen molar-refractivity contribution in [1.29, 1.82) is 0 Å². The summed E-state index contributed by atoms with van der Waals surface area (Å²) in [5.41, 5.74) is 3.87. The number of nitrogens with zero attached hydrogens (tertiary/aromatic N) is 1. The molecule has 4 bridgehead atoms. The monoisotopic (exact) mass is 287 g/mol. The average molecular weight is 287 g/mol. The number of nitrogens with two attached hydrogens (primary N) is 1. The molecule has 5 unspecified atom stereocenters. The van der Waals surface area contributed by atoms with E-state index >= 15 is 0 Å². The fraction of sp³-hybridized carbons (Fsp3) is 0.800. The molecule has 5 rings (SSSR count). The molecule has 0 aromatic heterocycles. The number of aliphatic hydroxyl groups excluding tert-OH is 3. The molecule has 0 radical (unpaired) electrons. The van der Waals surface area contributed by atoms with Gasteiger partial charge in [0, 0.05) is 0 Å². The molecule has 1 aliphatic carbocycles. The third-order valence-electron chi connectivity index (χ3n) is 4.54. The summed E-state index contributed by atoms with van der Waals surface area (Å²) >= 11 is 0. The first kappa shape index (κ1) is 12.4. The van der Waals surface area contributed by atoms with E-state index in [2.05, 4.69) is 10.3 Å². The topological polar surface area (TPSA) is 167 Å². The average Bonchev–Trinajstić information content (AvgIpc) is 2.36. The van der Waals surface area contributed by atoms with Gasteiger partial charge in [0.15, 0.2) is 30.2 Å². The summed E-state index contributed by atoms with van der Waals surface area (Å²) < 4.78 is 10.0. The van der Waals surface area contributed by atoms with E-state index < -0.39 is 53.9 Å². The number of nitrogens with one attached hydrogen (secondary N) is 1. The molecular formula is C10H13N3O7. The number of aliphatic hydroxyl groups is 4. The second-order valence-electron chi connectivity index (χ2n) is 5.47. The minimum absolute atomic E-state index is 0.218.